The Bertz CT molecular complexity index is 1770. The monoisotopic (exact) mass is 580 g/mol. The molecule has 1 aliphatic heterocycles. The van der Waals surface area contributed by atoms with E-state index >= 15 is 0 Å². The van der Waals surface area contributed by atoms with E-state index in [1.165, 1.54) is 0 Å². The Hall–Kier alpha value is -4.23. The predicted molar refractivity (Wildman–Crippen MR) is 171 cm³/mol. The van der Waals surface area contributed by atoms with E-state index in [0.29, 0.717) is 17.1 Å². The Morgan fingerprint density at radius 3 is 2.00 bits per heavy atom. The lowest BCUT2D eigenvalue weighted by atomic mass is 9.78. The number of anilines is 2. The molecule has 2 aromatic carbocycles. The first-order valence-corrected chi connectivity index (χ1v) is 13.9. The third kappa shape index (κ3) is 6.63. The van der Waals surface area contributed by atoms with Gasteiger partial charge in [0.25, 0.3) is 0 Å². The van der Waals surface area contributed by atoms with E-state index in [1.54, 1.807) is 12.1 Å². The molecule has 1 aliphatic rings. The van der Waals surface area contributed by atoms with Crippen molar-refractivity contribution >= 4 is 57.5 Å². The molecule has 4 heterocycles. The number of nitriles is 1. The number of fused-ring (bicyclic) bond motifs is 3. The lowest BCUT2D eigenvalue weighted by molar-refractivity contribution is 0.00578. The average molecular weight is 581 g/mol. The smallest absolute Gasteiger partial charge is 0.399 e. The molecule has 42 heavy (non-hydrogen) atoms. The Morgan fingerprint density at radius 1 is 0.762 bits per heavy atom. The van der Waals surface area contributed by atoms with Crippen molar-refractivity contribution in [2.24, 2.45) is 0 Å². The topological polar surface area (TPSA) is 133 Å². The van der Waals surface area contributed by atoms with Crippen LogP contribution in [-0.2, 0) is 9.31 Å². The van der Waals surface area contributed by atoms with Gasteiger partial charge in [-0.3, -0.25) is 4.98 Å². The van der Waals surface area contributed by atoms with E-state index in [9.17, 15) is 0 Å². The Kier molecular flexibility index (Phi) is 9.02. The lowest BCUT2D eigenvalue weighted by Gasteiger charge is -2.32. The van der Waals surface area contributed by atoms with Gasteiger partial charge in [0.15, 0.2) is 0 Å². The maximum absolute atomic E-state index is 8.43. The van der Waals surface area contributed by atoms with Gasteiger partial charge in [0.1, 0.15) is 17.0 Å². The van der Waals surface area contributed by atoms with Crippen LogP contribution in [0.3, 0.4) is 0 Å². The van der Waals surface area contributed by atoms with Crippen molar-refractivity contribution in [3.05, 3.63) is 94.9 Å². The van der Waals surface area contributed by atoms with Crippen molar-refractivity contribution in [1.29, 1.82) is 5.26 Å². The highest BCUT2D eigenvalue weighted by molar-refractivity contribution is 6.63. The van der Waals surface area contributed by atoms with Crippen LogP contribution < -0.4 is 16.9 Å². The zero-order valence-electron chi connectivity index (χ0n) is 24.6. The molecule has 5 aromatic rings. The van der Waals surface area contributed by atoms with Gasteiger partial charge in [0.2, 0.25) is 0 Å². The predicted octanol–water partition coefficient (Wildman–Crippen LogP) is 6.16. The summed E-state index contributed by atoms with van der Waals surface area (Å²) in [5.74, 6) is 0.543. The number of halogens is 1. The van der Waals surface area contributed by atoms with Crippen molar-refractivity contribution in [3.63, 3.8) is 0 Å². The highest BCUT2D eigenvalue weighted by Crippen LogP contribution is 2.36. The number of nitrogens with two attached hydrogens (primary N) is 2. The number of para-hydroxylation sites is 2. The van der Waals surface area contributed by atoms with Crippen LogP contribution in [-0.4, -0.2) is 33.3 Å². The second-order valence-electron chi connectivity index (χ2n) is 11.0. The van der Waals surface area contributed by atoms with E-state index in [0.717, 1.165) is 38.7 Å². The summed E-state index contributed by atoms with van der Waals surface area (Å²) < 4.78 is 11.9. The second-order valence-corrected chi connectivity index (χ2v) is 11.3. The summed E-state index contributed by atoms with van der Waals surface area (Å²) in [6.45, 7) is 11.9. The fourth-order valence-electron chi connectivity index (χ4n) is 4.23. The van der Waals surface area contributed by atoms with Gasteiger partial charge in [-0.15, -0.1) is 0 Å². The van der Waals surface area contributed by atoms with Crippen LogP contribution in [0.5, 0.6) is 0 Å². The number of pyridine rings is 3. The summed E-state index contributed by atoms with van der Waals surface area (Å²) in [5.41, 5.74) is 16.9. The number of aryl methyl sites for hydroxylation is 2. The van der Waals surface area contributed by atoms with Crippen molar-refractivity contribution < 1.29 is 9.31 Å². The minimum Gasteiger partial charge on any atom is -0.399 e. The Labute approximate surface area is 251 Å². The van der Waals surface area contributed by atoms with Gasteiger partial charge >= 0.3 is 7.12 Å². The fraction of sp³-hybridized carbons (Fsp3) is 0.250. The summed E-state index contributed by atoms with van der Waals surface area (Å²) in [4.78, 5) is 12.8. The van der Waals surface area contributed by atoms with Crippen molar-refractivity contribution in [3.8, 4) is 6.07 Å². The highest BCUT2D eigenvalue weighted by atomic mass is 35.5. The third-order valence-corrected chi connectivity index (χ3v) is 7.61. The number of hydrogen-bond acceptors (Lipinski definition) is 8. The molecule has 214 valence electrons. The minimum absolute atomic E-state index is 0.280. The molecule has 0 atom stereocenters. The largest absolute Gasteiger partial charge is 0.496 e. The van der Waals surface area contributed by atoms with Crippen LogP contribution in [0.15, 0.2) is 72.8 Å². The number of nitrogen functional groups attached to an aromatic ring is 2. The third-order valence-electron chi connectivity index (χ3n) is 7.32. The molecule has 0 bridgehead atoms. The lowest BCUT2D eigenvalue weighted by Crippen LogP contribution is -2.41. The van der Waals surface area contributed by atoms with Crippen LogP contribution in [0.2, 0.25) is 5.15 Å². The molecule has 10 heteroatoms. The van der Waals surface area contributed by atoms with Crippen molar-refractivity contribution in [1.82, 2.24) is 15.0 Å². The van der Waals surface area contributed by atoms with Crippen LogP contribution in [0.25, 0.3) is 21.8 Å². The molecular weight excluding hydrogens is 547 g/mol. The van der Waals surface area contributed by atoms with Crippen LogP contribution in [0.1, 0.15) is 44.6 Å². The first-order valence-electron chi connectivity index (χ1n) is 13.5. The summed E-state index contributed by atoms with van der Waals surface area (Å²) >= 11 is 5.60. The van der Waals surface area contributed by atoms with E-state index in [-0.39, 0.29) is 23.5 Å². The normalized spacial score (nSPS) is 14.9. The van der Waals surface area contributed by atoms with E-state index < -0.39 is 0 Å². The first-order chi connectivity index (χ1) is 19.8. The molecule has 4 N–H and O–H groups in total. The number of benzene rings is 2. The average Bonchev–Trinajstić information content (AvgIpc) is 3.16. The van der Waals surface area contributed by atoms with E-state index in [2.05, 4.69) is 15.0 Å². The van der Waals surface area contributed by atoms with Gasteiger partial charge in [0.05, 0.1) is 27.8 Å². The highest BCUT2D eigenvalue weighted by Gasteiger charge is 2.52. The van der Waals surface area contributed by atoms with Gasteiger partial charge in [0, 0.05) is 33.3 Å². The van der Waals surface area contributed by atoms with Gasteiger partial charge < -0.3 is 20.8 Å². The van der Waals surface area contributed by atoms with Crippen LogP contribution >= 0.6 is 11.6 Å². The van der Waals surface area contributed by atoms with Gasteiger partial charge in [-0.2, -0.15) is 5.26 Å². The zero-order chi connectivity index (χ0) is 30.7. The van der Waals surface area contributed by atoms with Crippen molar-refractivity contribution in [2.75, 3.05) is 11.5 Å². The van der Waals surface area contributed by atoms with Crippen LogP contribution in [0, 0.1) is 25.2 Å². The molecule has 8 nitrogen and oxygen atoms in total. The fourth-order valence-corrected chi connectivity index (χ4v) is 4.47. The SMILES string of the molecule is CC1(C)OB(c2ccccc2N)OC1(C)C.Cc1ccc(C#N)c(Cl)n1.Cc1ccc2c(N)nc3ccccc3c2n1. The van der Waals surface area contributed by atoms with E-state index in [4.69, 9.17) is 37.6 Å². The first kappa shape index (κ1) is 30.7. The minimum atomic E-state index is -0.369. The summed E-state index contributed by atoms with van der Waals surface area (Å²) in [5, 5.41) is 10.7. The van der Waals surface area contributed by atoms with Gasteiger partial charge in [-0.1, -0.05) is 48.0 Å². The molecule has 0 amide bonds. The zero-order valence-corrected chi connectivity index (χ0v) is 25.4. The number of rotatable bonds is 1. The number of nitrogens with zero attached hydrogens (tertiary/aromatic N) is 4. The molecule has 0 spiro atoms. The second kappa shape index (κ2) is 12.3. The van der Waals surface area contributed by atoms with Crippen LogP contribution in [0.4, 0.5) is 11.5 Å². The summed E-state index contributed by atoms with van der Waals surface area (Å²) in [6.07, 6.45) is 0. The maximum atomic E-state index is 8.43. The van der Waals surface area contributed by atoms with Crippen molar-refractivity contribution in [2.45, 2.75) is 52.7 Å². The van der Waals surface area contributed by atoms with E-state index in [1.807, 2.05) is 108 Å². The quantitative estimate of drug-likeness (QED) is 0.104. The molecule has 3 aromatic heterocycles. The molecule has 6 rings (SSSR count). The molecule has 1 saturated heterocycles. The van der Waals surface area contributed by atoms with Gasteiger partial charge in [-0.05, 0) is 77.9 Å². The molecule has 0 saturated carbocycles. The standard InChI is InChI=1S/C13H11N3.C12H18BNO2.C7H5ClN2/c1-8-6-7-10-12(15-8)9-4-2-3-5-11(9)16-13(10)14;1-11(2)12(3,4)16-13(15-11)9-7-5-6-8-10(9)14;1-5-2-3-6(4-9)7(8)10-5/h2-7H,1H3,(H2,14,16);5-8H,14H2,1-4H3;2-3H,1H3. The Morgan fingerprint density at radius 2 is 1.36 bits per heavy atom. The Balaban J connectivity index is 0.000000149. The summed E-state index contributed by atoms with van der Waals surface area (Å²) in [6, 6.07) is 24.8. The summed E-state index contributed by atoms with van der Waals surface area (Å²) in [7, 11) is -0.369. The molecule has 0 aliphatic carbocycles. The number of hydrogen-bond donors (Lipinski definition) is 2. The molecule has 0 unspecified atom stereocenters. The van der Waals surface area contributed by atoms with Gasteiger partial charge in [-0.25, -0.2) is 9.97 Å². The molecular formula is C32H34BClN6O2. The number of aromatic nitrogens is 3. The molecule has 0 radical (unpaired) electrons. The molecule has 1 fully saturated rings. The maximum Gasteiger partial charge on any atom is 0.496 e.